The molecule has 0 saturated carbocycles. The van der Waals surface area contributed by atoms with E-state index in [1.165, 1.54) is 6.07 Å². The number of benzene rings is 1. The molecule has 3 amide bonds. The minimum atomic E-state index is -0.448. The van der Waals surface area contributed by atoms with Crippen LogP contribution in [0.3, 0.4) is 0 Å². The van der Waals surface area contributed by atoms with E-state index in [-0.39, 0.29) is 30.2 Å². The van der Waals surface area contributed by atoms with Gasteiger partial charge >= 0.3 is 0 Å². The van der Waals surface area contributed by atoms with Gasteiger partial charge < -0.3 is 5.32 Å². The van der Waals surface area contributed by atoms with Crippen LogP contribution in [0.25, 0.3) is 0 Å². The van der Waals surface area contributed by atoms with Gasteiger partial charge in [0.2, 0.25) is 17.7 Å². The van der Waals surface area contributed by atoms with E-state index < -0.39 is 5.91 Å². The summed E-state index contributed by atoms with van der Waals surface area (Å²) in [6.45, 7) is -0.287. The average molecular weight is 353 g/mol. The average Bonchev–Trinajstić information content (AvgIpc) is 2.76. The summed E-state index contributed by atoms with van der Waals surface area (Å²) < 4.78 is 0. The summed E-state index contributed by atoms with van der Waals surface area (Å²) in [5, 5.41) is 3.31. The van der Waals surface area contributed by atoms with E-state index in [0.717, 1.165) is 4.90 Å². The van der Waals surface area contributed by atoms with Gasteiger partial charge in [-0.1, -0.05) is 35.4 Å². The predicted octanol–water partition coefficient (Wildman–Crippen LogP) is 2.88. The van der Waals surface area contributed by atoms with Crippen LogP contribution in [0, 0.1) is 11.8 Å². The number of hydrogen-bond acceptors (Lipinski definition) is 3. The molecule has 120 valence electrons. The summed E-state index contributed by atoms with van der Waals surface area (Å²) in [4.78, 5) is 37.7. The van der Waals surface area contributed by atoms with Gasteiger partial charge in [-0.05, 0) is 31.0 Å². The molecule has 0 aromatic heterocycles. The molecule has 1 fully saturated rings. The van der Waals surface area contributed by atoms with Crippen LogP contribution in [0.5, 0.6) is 0 Å². The van der Waals surface area contributed by atoms with Crippen LogP contribution in [0.1, 0.15) is 12.8 Å². The molecule has 3 rings (SSSR count). The first-order valence-electron chi connectivity index (χ1n) is 7.22. The summed E-state index contributed by atoms with van der Waals surface area (Å²) >= 11 is 11.7. The second-order valence-electron chi connectivity index (χ2n) is 5.60. The van der Waals surface area contributed by atoms with Crippen molar-refractivity contribution in [3.63, 3.8) is 0 Å². The van der Waals surface area contributed by atoms with Gasteiger partial charge in [-0.3, -0.25) is 19.3 Å². The van der Waals surface area contributed by atoms with Crippen LogP contribution in [0.2, 0.25) is 10.0 Å². The van der Waals surface area contributed by atoms with Crippen LogP contribution in [-0.2, 0) is 14.4 Å². The summed E-state index contributed by atoms with van der Waals surface area (Å²) in [5.74, 6) is -1.64. The normalized spacial score (nSPS) is 23.1. The fourth-order valence-corrected chi connectivity index (χ4v) is 3.24. The number of likely N-dealkylation sites (tertiary alicyclic amines) is 1. The molecule has 0 radical (unpaired) electrons. The predicted molar refractivity (Wildman–Crippen MR) is 87.2 cm³/mol. The number of nitrogens with one attached hydrogen (secondary N) is 1. The summed E-state index contributed by atoms with van der Waals surface area (Å²) in [7, 11) is 0. The van der Waals surface area contributed by atoms with Gasteiger partial charge in [-0.25, -0.2) is 0 Å². The van der Waals surface area contributed by atoms with Crippen LogP contribution in [0.4, 0.5) is 5.69 Å². The van der Waals surface area contributed by atoms with Gasteiger partial charge in [0.25, 0.3) is 0 Å². The summed E-state index contributed by atoms with van der Waals surface area (Å²) in [6.07, 6.45) is 4.93. The fraction of sp³-hybridized carbons (Fsp3) is 0.312. The topological polar surface area (TPSA) is 66.5 Å². The molecular weight excluding hydrogens is 339 g/mol. The molecule has 1 heterocycles. The lowest BCUT2D eigenvalue weighted by molar-refractivity contribution is -0.142. The third-order valence-electron chi connectivity index (χ3n) is 4.10. The Hall–Kier alpha value is -1.85. The highest BCUT2D eigenvalue weighted by Crippen LogP contribution is 2.34. The van der Waals surface area contributed by atoms with E-state index >= 15 is 0 Å². The monoisotopic (exact) mass is 352 g/mol. The maximum atomic E-state index is 12.3. The number of hydrogen-bond donors (Lipinski definition) is 1. The van der Waals surface area contributed by atoms with E-state index in [2.05, 4.69) is 5.32 Å². The van der Waals surface area contributed by atoms with Crippen molar-refractivity contribution in [2.75, 3.05) is 11.9 Å². The summed E-state index contributed by atoms with van der Waals surface area (Å²) in [5.41, 5.74) is 0.461. The van der Waals surface area contributed by atoms with Crippen molar-refractivity contribution >= 4 is 46.6 Å². The molecule has 2 unspecified atom stereocenters. The molecule has 23 heavy (non-hydrogen) atoms. The minimum Gasteiger partial charge on any atom is -0.324 e. The Morgan fingerprint density at radius 3 is 2.26 bits per heavy atom. The van der Waals surface area contributed by atoms with E-state index in [0.29, 0.717) is 28.6 Å². The van der Waals surface area contributed by atoms with Crippen LogP contribution in [0.15, 0.2) is 30.4 Å². The Labute approximate surface area is 143 Å². The molecular formula is C16H14Cl2N2O3. The molecule has 2 aliphatic rings. The van der Waals surface area contributed by atoms with Gasteiger partial charge in [-0.2, -0.15) is 0 Å². The molecule has 1 N–H and O–H groups in total. The number of rotatable bonds is 3. The Bertz CT molecular complexity index is 691. The Balaban J connectivity index is 1.67. The van der Waals surface area contributed by atoms with Gasteiger partial charge in [0.15, 0.2) is 0 Å². The smallest absolute Gasteiger partial charge is 0.244 e. The van der Waals surface area contributed by atoms with Gasteiger partial charge in [0, 0.05) is 5.69 Å². The van der Waals surface area contributed by atoms with Crippen molar-refractivity contribution in [3.05, 3.63) is 40.4 Å². The molecule has 1 aromatic carbocycles. The number of anilines is 1. The molecule has 7 heteroatoms. The number of nitrogens with zero attached hydrogens (tertiary/aromatic N) is 1. The number of carbonyl (C=O) groups excluding carboxylic acids is 3. The lowest BCUT2D eigenvalue weighted by atomic mass is 9.85. The largest absolute Gasteiger partial charge is 0.324 e. The number of carbonyl (C=O) groups is 3. The van der Waals surface area contributed by atoms with Crippen LogP contribution < -0.4 is 5.32 Å². The molecule has 1 saturated heterocycles. The summed E-state index contributed by atoms with van der Waals surface area (Å²) in [6, 6.07) is 4.68. The number of fused-ring (bicyclic) bond motifs is 1. The van der Waals surface area contributed by atoms with E-state index in [4.69, 9.17) is 23.2 Å². The third kappa shape index (κ3) is 3.12. The van der Waals surface area contributed by atoms with Crippen molar-refractivity contribution in [1.82, 2.24) is 4.90 Å². The second kappa shape index (κ2) is 6.34. The molecule has 2 atom stereocenters. The standard InChI is InChI=1S/C16H14Cl2N2O3/c17-12-6-5-9(7-13(12)18)19-14(21)8-20-15(22)10-3-1-2-4-11(10)16(20)23/h1-2,5-7,10-11H,3-4,8H2,(H,19,21). The van der Waals surface area contributed by atoms with Crippen molar-refractivity contribution in [2.24, 2.45) is 11.8 Å². The zero-order chi connectivity index (χ0) is 16.6. The van der Waals surface area contributed by atoms with E-state index in [1.807, 2.05) is 12.2 Å². The van der Waals surface area contributed by atoms with Gasteiger partial charge in [-0.15, -0.1) is 0 Å². The SMILES string of the molecule is O=C(CN1C(=O)C2CC=CCC2C1=O)Nc1ccc(Cl)c(Cl)c1. The van der Waals surface area contributed by atoms with E-state index in [1.54, 1.807) is 12.1 Å². The van der Waals surface area contributed by atoms with Crippen molar-refractivity contribution in [3.8, 4) is 0 Å². The molecule has 1 aliphatic heterocycles. The van der Waals surface area contributed by atoms with E-state index in [9.17, 15) is 14.4 Å². The lowest BCUT2D eigenvalue weighted by Crippen LogP contribution is -2.38. The second-order valence-corrected chi connectivity index (χ2v) is 6.41. The fourth-order valence-electron chi connectivity index (χ4n) is 2.94. The maximum absolute atomic E-state index is 12.3. The first-order chi connectivity index (χ1) is 11.0. The number of halogens is 2. The quantitative estimate of drug-likeness (QED) is 0.671. The third-order valence-corrected chi connectivity index (χ3v) is 4.84. The molecule has 1 aromatic rings. The van der Waals surface area contributed by atoms with Crippen LogP contribution >= 0.6 is 23.2 Å². The first kappa shape index (κ1) is 16.0. The van der Waals surface area contributed by atoms with Crippen molar-refractivity contribution in [2.45, 2.75) is 12.8 Å². The zero-order valence-corrected chi connectivity index (χ0v) is 13.6. The first-order valence-corrected chi connectivity index (χ1v) is 7.98. The highest BCUT2D eigenvalue weighted by Gasteiger charge is 2.47. The number of amides is 3. The minimum absolute atomic E-state index is 0.270. The molecule has 0 spiro atoms. The maximum Gasteiger partial charge on any atom is 0.244 e. The molecule has 0 bridgehead atoms. The van der Waals surface area contributed by atoms with Crippen LogP contribution in [-0.4, -0.2) is 29.2 Å². The van der Waals surface area contributed by atoms with Gasteiger partial charge in [0.05, 0.1) is 21.9 Å². The molecule has 5 nitrogen and oxygen atoms in total. The lowest BCUT2D eigenvalue weighted by Gasteiger charge is -2.14. The number of allylic oxidation sites excluding steroid dienone is 2. The Kier molecular flexibility index (Phi) is 4.41. The Morgan fingerprint density at radius 2 is 1.70 bits per heavy atom. The van der Waals surface area contributed by atoms with Crippen molar-refractivity contribution < 1.29 is 14.4 Å². The number of imide groups is 1. The zero-order valence-electron chi connectivity index (χ0n) is 12.1. The van der Waals surface area contributed by atoms with Crippen molar-refractivity contribution in [1.29, 1.82) is 0 Å². The highest BCUT2D eigenvalue weighted by atomic mass is 35.5. The molecule has 1 aliphatic carbocycles. The Morgan fingerprint density at radius 1 is 1.09 bits per heavy atom. The van der Waals surface area contributed by atoms with Gasteiger partial charge in [0.1, 0.15) is 6.54 Å². The highest BCUT2D eigenvalue weighted by molar-refractivity contribution is 6.42.